The molecule has 118 valence electrons. The largest absolute Gasteiger partial charge is 0.496 e. The Morgan fingerprint density at radius 2 is 1.86 bits per heavy atom. The summed E-state index contributed by atoms with van der Waals surface area (Å²) >= 11 is 3.54. The Labute approximate surface area is 136 Å². The van der Waals surface area contributed by atoms with Gasteiger partial charge in [-0.2, -0.15) is 0 Å². The van der Waals surface area contributed by atoms with Gasteiger partial charge in [-0.3, -0.25) is 0 Å². The summed E-state index contributed by atoms with van der Waals surface area (Å²) in [7, 11) is 3.45. The lowest BCUT2D eigenvalue weighted by Crippen LogP contribution is -2.28. The van der Waals surface area contributed by atoms with Crippen molar-refractivity contribution in [3.8, 4) is 11.5 Å². The van der Waals surface area contributed by atoms with Gasteiger partial charge in [-0.1, -0.05) is 19.8 Å². The minimum absolute atomic E-state index is 0.351. The molecule has 1 saturated carbocycles. The van der Waals surface area contributed by atoms with Gasteiger partial charge in [-0.25, -0.2) is 0 Å². The fraction of sp³-hybridized carbons (Fsp3) is 0.647. The Bertz CT molecular complexity index is 458. The summed E-state index contributed by atoms with van der Waals surface area (Å²) in [6, 6.07) is 4.49. The Hall–Kier alpha value is -0.740. The van der Waals surface area contributed by atoms with Crippen molar-refractivity contribution in [2.24, 2.45) is 5.92 Å². The van der Waals surface area contributed by atoms with Gasteiger partial charge in [0, 0.05) is 11.6 Å². The van der Waals surface area contributed by atoms with Crippen LogP contribution >= 0.6 is 15.9 Å². The second-order valence-corrected chi connectivity index (χ2v) is 6.56. The second-order valence-electron chi connectivity index (χ2n) is 5.71. The van der Waals surface area contributed by atoms with Crippen LogP contribution in [0.15, 0.2) is 16.6 Å². The van der Waals surface area contributed by atoms with Crippen LogP contribution in [-0.2, 0) is 0 Å². The molecule has 1 fully saturated rings. The number of benzene rings is 1. The minimum atomic E-state index is 0.351. The number of rotatable bonds is 7. The van der Waals surface area contributed by atoms with Crippen LogP contribution < -0.4 is 14.8 Å². The highest BCUT2D eigenvalue weighted by molar-refractivity contribution is 9.10. The van der Waals surface area contributed by atoms with Gasteiger partial charge in [0.05, 0.1) is 18.7 Å². The predicted molar refractivity (Wildman–Crippen MR) is 90.2 cm³/mol. The first-order chi connectivity index (χ1) is 10.2. The van der Waals surface area contributed by atoms with Crippen LogP contribution in [0.4, 0.5) is 0 Å². The van der Waals surface area contributed by atoms with Crippen molar-refractivity contribution in [1.29, 1.82) is 0 Å². The molecule has 0 heterocycles. The van der Waals surface area contributed by atoms with Crippen LogP contribution in [0.2, 0.25) is 0 Å². The number of halogens is 1. The van der Waals surface area contributed by atoms with Gasteiger partial charge in [0.15, 0.2) is 0 Å². The molecule has 1 aromatic rings. The van der Waals surface area contributed by atoms with E-state index in [9.17, 15) is 0 Å². The second kappa shape index (κ2) is 8.04. The van der Waals surface area contributed by atoms with E-state index >= 15 is 0 Å². The van der Waals surface area contributed by atoms with Crippen molar-refractivity contribution >= 4 is 15.9 Å². The average Bonchev–Trinajstić information content (AvgIpc) is 3.02. The van der Waals surface area contributed by atoms with Crippen LogP contribution in [0.5, 0.6) is 11.5 Å². The van der Waals surface area contributed by atoms with Gasteiger partial charge >= 0.3 is 0 Å². The minimum Gasteiger partial charge on any atom is -0.496 e. The van der Waals surface area contributed by atoms with Crippen LogP contribution in [0.1, 0.15) is 50.6 Å². The van der Waals surface area contributed by atoms with Crippen molar-refractivity contribution in [2.45, 2.75) is 45.1 Å². The number of hydrogen-bond acceptors (Lipinski definition) is 3. The van der Waals surface area contributed by atoms with E-state index in [0.29, 0.717) is 12.0 Å². The number of ether oxygens (including phenoxy) is 2. The van der Waals surface area contributed by atoms with Crippen LogP contribution in [0.25, 0.3) is 0 Å². The Kier molecular flexibility index (Phi) is 6.37. The summed E-state index contributed by atoms with van der Waals surface area (Å²) in [4.78, 5) is 0. The van der Waals surface area contributed by atoms with E-state index in [4.69, 9.17) is 9.47 Å². The average molecular weight is 356 g/mol. The molecule has 3 nitrogen and oxygen atoms in total. The fourth-order valence-corrected chi connectivity index (χ4v) is 3.73. The zero-order chi connectivity index (χ0) is 15.2. The normalized spacial score (nSPS) is 17.0. The first-order valence-electron chi connectivity index (χ1n) is 7.86. The third-order valence-corrected chi connectivity index (χ3v) is 4.94. The SMILES string of the molecule is CCCNC(c1cc(OC)c(Br)cc1OC)C1CCCC1. The predicted octanol–water partition coefficient (Wildman–Crippen LogP) is 4.70. The van der Waals surface area contributed by atoms with Crippen molar-refractivity contribution in [3.05, 3.63) is 22.2 Å². The highest BCUT2D eigenvalue weighted by Crippen LogP contribution is 2.42. The zero-order valence-electron chi connectivity index (χ0n) is 13.2. The molecule has 0 spiro atoms. The molecule has 1 N–H and O–H groups in total. The first-order valence-corrected chi connectivity index (χ1v) is 8.65. The molecule has 21 heavy (non-hydrogen) atoms. The van der Waals surface area contributed by atoms with E-state index < -0.39 is 0 Å². The first kappa shape index (κ1) is 16.6. The number of methoxy groups -OCH3 is 2. The Morgan fingerprint density at radius 3 is 2.43 bits per heavy atom. The molecular weight excluding hydrogens is 330 g/mol. The number of hydrogen-bond donors (Lipinski definition) is 1. The van der Waals surface area contributed by atoms with E-state index in [1.54, 1.807) is 14.2 Å². The summed E-state index contributed by atoms with van der Waals surface area (Å²) in [6.45, 7) is 3.24. The molecular formula is C17H26BrNO2. The maximum Gasteiger partial charge on any atom is 0.133 e. The van der Waals surface area contributed by atoms with E-state index in [1.165, 1.54) is 31.2 Å². The van der Waals surface area contributed by atoms with Crippen molar-refractivity contribution in [1.82, 2.24) is 5.32 Å². The van der Waals surface area contributed by atoms with Gasteiger partial charge in [0.25, 0.3) is 0 Å². The summed E-state index contributed by atoms with van der Waals surface area (Å²) in [5.41, 5.74) is 1.22. The quantitative estimate of drug-likeness (QED) is 0.768. The lowest BCUT2D eigenvalue weighted by molar-refractivity contribution is 0.341. The molecule has 1 atom stereocenters. The molecule has 0 aliphatic heterocycles. The number of nitrogens with one attached hydrogen (secondary N) is 1. The van der Waals surface area contributed by atoms with E-state index in [2.05, 4.69) is 34.2 Å². The molecule has 4 heteroatoms. The van der Waals surface area contributed by atoms with Gasteiger partial charge in [-0.15, -0.1) is 0 Å². The fourth-order valence-electron chi connectivity index (χ4n) is 3.25. The monoisotopic (exact) mass is 355 g/mol. The summed E-state index contributed by atoms with van der Waals surface area (Å²) in [6.07, 6.45) is 6.40. The molecule has 1 aromatic carbocycles. The Morgan fingerprint density at radius 1 is 1.19 bits per heavy atom. The lowest BCUT2D eigenvalue weighted by atomic mass is 9.90. The third kappa shape index (κ3) is 3.92. The molecule has 1 unspecified atom stereocenters. The van der Waals surface area contributed by atoms with Crippen molar-refractivity contribution < 1.29 is 9.47 Å². The summed E-state index contributed by atoms with van der Waals surface area (Å²) < 4.78 is 12.0. The van der Waals surface area contributed by atoms with Gasteiger partial charge in [0.2, 0.25) is 0 Å². The van der Waals surface area contributed by atoms with Gasteiger partial charge in [0.1, 0.15) is 11.5 Å². The van der Waals surface area contributed by atoms with E-state index in [1.807, 2.05) is 6.07 Å². The van der Waals surface area contributed by atoms with Crippen LogP contribution in [0, 0.1) is 5.92 Å². The lowest BCUT2D eigenvalue weighted by Gasteiger charge is -2.27. The molecule has 0 saturated heterocycles. The molecule has 0 radical (unpaired) electrons. The van der Waals surface area contributed by atoms with Crippen LogP contribution in [-0.4, -0.2) is 20.8 Å². The van der Waals surface area contributed by atoms with Gasteiger partial charge in [-0.05, 0) is 59.8 Å². The van der Waals surface area contributed by atoms with Gasteiger partial charge < -0.3 is 14.8 Å². The standard InChI is InChI=1S/C17H26BrNO2/c1-4-9-19-17(12-7-5-6-8-12)13-10-16(21-3)14(18)11-15(13)20-2/h10-12,17,19H,4-9H2,1-3H3. The molecule has 0 bridgehead atoms. The molecule has 1 aliphatic rings. The molecule has 0 aromatic heterocycles. The maximum absolute atomic E-state index is 5.62. The van der Waals surface area contributed by atoms with Crippen molar-refractivity contribution in [2.75, 3.05) is 20.8 Å². The van der Waals surface area contributed by atoms with Crippen molar-refractivity contribution in [3.63, 3.8) is 0 Å². The summed E-state index contributed by atoms with van der Waals surface area (Å²) in [5.74, 6) is 2.49. The van der Waals surface area contributed by atoms with E-state index in [-0.39, 0.29) is 0 Å². The van der Waals surface area contributed by atoms with Crippen LogP contribution in [0.3, 0.4) is 0 Å². The zero-order valence-corrected chi connectivity index (χ0v) is 14.8. The summed E-state index contributed by atoms with van der Waals surface area (Å²) in [5, 5.41) is 3.72. The highest BCUT2D eigenvalue weighted by Gasteiger charge is 2.28. The molecule has 1 aliphatic carbocycles. The maximum atomic E-state index is 5.62. The highest BCUT2D eigenvalue weighted by atomic mass is 79.9. The molecule has 2 rings (SSSR count). The molecule has 0 amide bonds. The van der Waals surface area contributed by atoms with E-state index in [0.717, 1.165) is 28.9 Å². The Balaban J connectivity index is 2.36. The third-order valence-electron chi connectivity index (χ3n) is 4.32. The topological polar surface area (TPSA) is 30.5 Å². The smallest absolute Gasteiger partial charge is 0.133 e.